The van der Waals surface area contributed by atoms with Crippen LogP contribution in [0.2, 0.25) is 0 Å². The van der Waals surface area contributed by atoms with Crippen LogP contribution in [-0.2, 0) is 20.9 Å². The normalized spacial score (nSPS) is 15.0. The third-order valence-corrected chi connectivity index (χ3v) is 6.12. The van der Waals surface area contributed by atoms with E-state index in [1.165, 1.54) is 16.8 Å². The van der Waals surface area contributed by atoms with E-state index in [2.05, 4.69) is 48.0 Å². The van der Waals surface area contributed by atoms with Gasteiger partial charge in [-0.2, -0.15) is 0 Å². The number of aliphatic carboxylic acids is 1. The lowest BCUT2D eigenvalue weighted by Crippen LogP contribution is -2.32. The van der Waals surface area contributed by atoms with E-state index in [-0.39, 0.29) is 11.9 Å². The minimum absolute atomic E-state index is 0.164. The van der Waals surface area contributed by atoms with Crippen molar-refractivity contribution in [3.63, 3.8) is 0 Å². The second-order valence-electron chi connectivity index (χ2n) is 8.95. The highest BCUT2D eigenvalue weighted by molar-refractivity contribution is 5.96. The third-order valence-electron chi connectivity index (χ3n) is 6.12. The van der Waals surface area contributed by atoms with Crippen molar-refractivity contribution in [2.75, 3.05) is 27.2 Å². The Morgan fingerprint density at radius 2 is 1.86 bits per heavy atom. The number of hydrogen-bond acceptors (Lipinski definition) is 5. The van der Waals surface area contributed by atoms with Gasteiger partial charge >= 0.3 is 11.9 Å². The Balaban J connectivity index is 0.000000320. The van der Waals surface area contributed by atoms with Gasteiger partial charge in [0.15, 0.2) is 0 Å². The molecule has 8 heteroatoms. The van der Waals surface area contributed by atoms with Crippen molar-refractivity contribution in [2.24, 2.45) is 0 Å². The Morgan fingerprint density at radius 1 is 1.14 bits per heavy atom. The smallest absolute Gasteiger partial charge is 0.338 e. The molecule has 1 aliphatic rings. The van der Waals surface area contributed by atoms with Gasteiger partial charge in [0.25, 0.3) is 0 Å². The van der Waals surface area contributed by atoms with Crippen LogP contribution in [0, 0.1) is 13.8 Å². The van der Waals surface area contributed by atoms with E-state index in [0.29, 0.717) is 25.0 Å². The van der Waals surface area contributed by atoms with Crippen LogP contribution in [0.5, 0.6) is 0 Å². The lowest BCUT2D eigenvalue weighted by Gasteiger charge is -2.10. The van der Waals surface area contributed by atoms with Gasteiger partial charge in [0.1, 0.15) is 12.6 Å². The summed E-state index contributed by atoms with van der Waals surface area (Å²) in [5, 5.41) is 11.7. The van der Waals surface area contributed by atoms with Gasteiger partial charge in [0.2, 0.25) is 5.91 Å². The SMILES string of the molecule is Cc1c(C)n(Cc2ccccc2)c2ccc(C(=O)OCCN(C)C)cc12.O=C1CCC(C(=O)O)N1. The minimum Gasteiger partial charge on any atom is -0.480 e. The van der Waals surface area contributed by atoms with Crippen LogP contribution in [-0.4, -0.2) is 65.7 Å². The van der Waals surface area contributed by atoms with E-state index >= 15 is 0 Å². The number of likely N-dealkylation sites (N-methyl/N-ethyl adjacent to an activating group) is 1. The first-order valence-electron chi connectivity index (χ1n) is 11.6. The molecule has 4 rings (SSSR count). The molecule has 1 aliphatic heterocycles. The quantitative estimate of drug-likeness (QED) is 0.504. The summed E-state index contributed by atoms with van der Waals surface area (Å²) < 4.78 is 7.68. The van der Waals surface area contributed by atoms with E-state index < -0.39 is 12.0 Å². The largest absolute Gasteiger partial charge is 0.480 e. The van der Waals surface area contributed by atoms with Crippen molar-refractivity contribution in [1.29, 1.82) is 0 Å². The van der Waals surface area contributed by atoms with Gasteiger partial charge in [-0.1, -0.05) is 30.3 Å². The fraction of sp³-hybridized carbons (Fsp3) is 0.370. The van der Waals surface area contributed by atoms with Crippen molar-refractivity contribution >= 4 is 28.7 Å². The fourth-order valence-corrected chi connectivity index (χ4v) is 3.95. The second kappa shape index (κ2) is 11.7. The maximum atomic E-state index is 12.3. The van der Waals surface area contributed by atoms with Gasteiger partial charge in [-0.3, -0.25) is 4.79 Å². The van der Waals surface area contributed by atoms with Crippen LogP contribution < -0.4 is 5.32 Å². The number of nitrogens with zero attached hydrogens (tertiary/aromatic N) is 2. The summed E-state index contributed by atoms with van der Waals surface area (Å²) >= 11 is 0. The maximum absolute atomic E-state index is 12.3. The topological polar surface area (TPSA) is 101 Å². The zero-order valence-corrected chi connectivity index (χ0v) is 20.7. The second-order valence-corrected chi connectivity index (χ2v) is 8.95. The summed E-state index contributed by atoms with van der Waals surface area (Å²) in [6.07, 6.45) is 0.769. The molecule has 1 atom stereocenters. The van der Waals surface area contributed by atoms with E-state index in [0.717, 1.165) is 24.0 Å². The van der Waals surface area contributed by atoms with Crippen LogP contribution in [0.25, 0.3) is 10.9 Å². The molecule has 0 spiro atoms. The number of carbonyl (C=O) groups is 3. The highest BCUT2D eigenvalue weighted by Gasteiger charge is 2.26. The average molecular weight is 480 g/mol. The molecule has 186 valence electrons. The number of aromatic nitrogens is 1. The van der Waals surface area contributed by atoms with Crippen LogP contribution in [0.1, 0.15) is 40.0 Å². The van der Waals surface area contributed by atoms with Gasteiger partial charge in [-0.25, -0.2) is 9.59 Å². The van der Waals surface area contributed by atoms with E-state index in [1.54, 1.807) is 0 Å². The Morgan fingerprint density at radius 3 is 2.43 bits per heavy atom. The predicted octanol–water partition coefficient (Wildman–Crippen LogP) is 3.37. The molecule has 0 aliphatic carbocycles. The van der Waals surface area contributed by atoms with Crippen LogP contribution >= 0.6 is 0 Å². The number of hydrogen-bond donors (Lipinski definition) is 2. The lowest BCUT2D eigenvalue weighted by molar-refractivity contribution is -0.140. The van der Waals surface area contributed by atoms with Gasteiger partial charge in [0, 0.05) is 36.1 Å². The molecule has 2 N–H and O–H groups in total. The van der Waals surface area contributed by atoms with E-state index in [4.69, 9.17) is 9.84 Å². The van der Waals surface area contributed by atoms with Crippen LogP contribution in [0.15, 0.2) is 48.5 Å². The van der Waals surface area contributed by atoms with Gasteiger partial charge in [-0.15, -0.1) is 0 Å². The van der Waals surface area contributed by atoms with Crippen molar-refractivity contribution in [3.05, 3.63) is 70.9 Å². The number of esters is 1. The summed E-state index contributed by atoms with van der Waals surface area (Å²) in [4.78, 5) is 34.8. The third kappa shape index (κ3) is 6.70. The van der Waals surface area contributed by atoms with Gasteiger partial charge in [0.05, 0.1) is 5.56 Å². The monoisotopic (exact) mass is 479 g/mol. The number of aryl methyl sites for hydroxylation is 1. The van der Waals surface area contributed by atoms with Gasteiger partial charge < -0.3 is 24.6 Å². The number of carboxylic acids is 1. The summed E-state index contributed by atoms with van der Waals surface area (Å²) in [6.45, 7) is 6.19. The summed E-state index contributed by atoms with van der Waals surface area (Å²) in [7, 11) is 3.92. The van der Waals surface area contributed by atoms with Gasteiger partial charge in [-0.05, 0) is 63.7 Å². The van der Waals surface area contributed by atoms with Crippen LogP contribution in [0.3, 0.4) is 0 Å². The number of carboxylic acid groups (broad SMARTS) is 1. The summed E-state index contributed by atoms with van der Waals surface area (Å²) in [6, 6.07) is 15.6. The molecule has 1 amide bonds. The number of carbonyl (C=O) groups excluding carboxylic acids is 2. The molecule has 1 saturated heterocycles. The van der Waals surface area contributed by atoms with Crippen molar-refractivity contribution in [1.82, 2.24) is 14.8 Å². The zero-order chi connectivity index (χ0) is 25.5. The van der Waals surface area contributed by atoms with Crippen molar-refractivity contribution < 1.29 is 24.2 Å². The van der Waals surface area contributed by atoms with E-state index in [9.17, 15) is 14.4 Å². The summed E-state index contributed by atoms with van der Waals surface area (Å²) in [5.74, 6) is -1.37. The first-order valence-corrected chi connectivity index (χ1v) is 11.6. The molecular weight excluding hydrogens is 446 g/mol. The first kappa shape index (κ1) is 26.0. The zero-order valence-electron chi connectivity index (χ0n) is 20.7. The molecule has 0 saturated carbocycles. The first-order chi connectivity index (χ1) is 16.7. The average Bonchev–Trinajstić information content (AvgIpc) is 3.37. The van der Waals surface area contributed by atoms with E-state index in [1.807, 2.05) is 43.3 Å². The molecule has 1 aromatic heterocycles. The Kier molecular flexibility index (Phi) is 8.65. The molecule has 2 aromatic carbocycles. The molecule has 8 nitrogen and oxygen atoms in total. The molecule has 0 bridgehead atoms. The number of nitrogens with one attached hydrogen (secondary N) is 1. The Labute approximate surface area is 205 Å². The minimum atomic E-state index is -0.944. The highest BCUT2D eigenvalue weighted by Crippen LogP contribution is 2.27. The molecule has 1 fully saturated rings. The molecule has 0 radical (unpaired) electrons. The number of amides is 1. The number of benzene rings is 2. The molecule has 35 heavy (non-hydrogen) atoms. The number of rotatable bonds is 7. The van der Waals surface area contributed by atoms with Crippen molar-refractivity contribution in [2.45, 2.75) is 39.3 Å². The Hall–Kier alpha value is -3.65. The lowest BCUT2D eigenvalue weighted by atomic mass is 10.1. The fourth-order valence-electron chi connectivity index (χ4n) is 3.95. The number of ether oxygens (including phenoxy) is 1. The van der Waals surface area contributed by atoms with Crippen LogP contribution in [0.4, 0.5) is 0 Å². The summed E-state index contributed by atoms with van der Waals surface area (Å²) in [5.41, 5.74) is 5.45. The number of fused-ring (bicyclic) bond motifs is 1. The Bertz CT molecular complexity index is 1200. The highest BCUT2D eigenvalue weighted by atomic mass is 16.5. The molecule has 3 aromatic rings. The molecule has 2 heterocycles. The van der Waals surface area contributed by atoms with Crippen molar-refractivity contribution in [3.8, 4) is 0 Å². The predicted molar refractivity (Wildman–Crippen MR) is 135 cm³/mol. The molecule has 1 unspecified atom stereocenters. The standard InChI is InChI=1S/C22H26N2O2.C5H7NO3/c1-16-17(2)24(15-18-8-6-5-7-9-18)21-11-10-19(14-20(16)21)22(25)26-13-12-23(3)4;7-4-2-1-3(6-4)5(8)9/h5-11,14H,12-13,15H2,1-4H3;3H,1-2H2,(H,6,7)(H,8,9). The molecular formula is C27H33N3O5. The maximum Gasteiger partial charge on any atom is 0.338 e.